The number of aromatic nitrogens is 2. The molecule has 2 rings (SSSR count). The molecule has 3 nitrogen and oxygen atoms in total. The quantitative estimate of drug-likeness (QED) is 0.792. The van der Waals surface area contributed by atoms with Gasteiger partial charge in [0.2, 0.25) is 0 Å². The Morgan fingerprint density at radius 2 is 2.25 bits per heavy atom. The Labute approximate surface area is 99.9 Å². The van der Waals surface area contributed by atoms with Crippen molar-refractivity contribution in [3.63, 3.8) is 0 Å². The predicted octanol–water partition coefficient (Wildman–Crippen LogP) is 2.79. The Morgan fingerprint density at radius 3 is 2.88 bits per heavy atom. The van der Waals surface area contributed by atoms with E-state index in [1.165, 1.54) is 11.8 Å². The summed E-state index contributed by atoms with van der Waals surface area (Å²) >= 11 is 1.47. The van der Waals surface area contributed by atoms with Gasteiger partial charge in [-0.25, -0.2) is 4.98 Å². The molecule has 0 fully saturated rings. The van der Waals surface area contributed by atoms with E-state index in [-0.39, 0.29) is 11.2 Å². The van der Waals surface area contributed by atoms with Crippen molar-refractivity contribution < 1.29 is 4.79 Å². The highest BCUT2D eigenvalue weighted by atomic mass is 32.2. The molecular weight excluding hydrogens is 220 g/mol. The third-order valence-electron chi connectivity index (χ3n) is 2.77. The molecule has 86 valence electrons. The minimum atomic E-state index is 0.126. The number of nitrogens with zero attached hydrogens (tertiary/aromatic N) is 2. The van der Waals surface area contributed by atoms with Crippen LogP contribution in [-0.2, 0) is 11.8 Å². The van der Waals surface area contributed by atoms with E-state index in [1.54, 1.807) is 6.20 Å². The lowest BCUT2D eigenvalue weighted by atomic mass is 9.82. The lowest BCUT2D eigenvalue weighted by Crippen LogP contribution is -2.18. The molecular formula is C12H16N2OS. The van der Waals surface area contributed by atoms with Gasteiger partial charge in [0.1, 0.15) is 0 Å². The molecule has 0 N–H and O–H groups in total. The fraction of sp³-hybridized carbons (Fsp3) is 0.500. The Balaban J connectivity index is 2.23. The molecule has 0 radical (unpaired) electrons. The van der Waals surface area contributed by atoms with Crippen LogP contribution < -0.4 is 0 Å². The third-order valence-corrected chi connectivity index (χ3v) is 3.91. The SMILES string of the molecule is Cn1ccnc1SC1=CC(C)(C)CCC1=O. The van der Waals surface area contributed by atoms with Crippen LogP contribution in [0.3, 0.4) is 0 Å². The molecule has 0 amide bonds. The third kappa shape index (κ3) is 2.38. The van der Waals surface area contributed by atoms with Gasteiger partial charge in [0.05, 0.1) is 4.91 Å². The molecule has 0 atom stereocenters. The highest BCUT2D eigenvalue weighted by Crippen LogP contribution is 2.37. The molecule has 0 saturated heterocycles. The Morgan fingerprint density at radius 1 is 1.50 bits per heavy atom. The molecule has 0 aliphatic heterocycles. The normalized spacial score (nSPS) is 19.7. The Hall–Kier alpha value is -1.03. The molecule has 16 heavy (non-hydrogen) atoms. The molecule has 1 aromatic heterocycles. The summed E-state index contributed by atoms with van der Waals surface area (Å²) in [6.45, 7) is 4.33. The van der Waals surface area contributed by atoms with Crippen molar-refractivity contribution in [2.75, 3.05) is 0 Å². The molecule has 4 heteroatoms. The van der Waals surface area contributed by atoms with Gasteiger partial charge in [-0.1, -0.05) is 19.9 Å². The highest BCUT2D eigenvalue weighted by Gasteiger charge is 2.26. The van der Waals surface area contributed by atoms with Crippen LogP contribution in [0.4, 0.5) is 0 Å². The van der Waals surface area contributed by atoms with Crippen molar-refractivity contribution in [1.29, 1.82) is 0 Å². The van der Waals surface area contributed by atoms with Gasteiger partial charge in [0, 0.05) is 25.9 Å². The number of hydrogen-bond acceptors (Lipinski definition) is 3. The Bertz CT molecular complexity index is 446. The standard InChI is InChI=1S/C12H16N2OS/c1-12(2)5-4-9(15)10(8-12)16-11-13-6-7-14(11)3/h6-8H,4-5H2,1-3H3. The van der Waals surface area contributed by atoms with Gasteiger partial charge < -0.3 is 4.57 Å². The molecule has 1 aromatic rings. The number of aryl methyl sites for hydroxylation is 1. The molecule has 0 bridgehead atoms. The van der Waals surface area contributed by atoms with Crippen LogP contribution in [0.15, 0.2) is 28.5 Å². The second kappa shape index (κ2) is 4.09. The molecule has 1 heterocycles. The van der Waals surface area contributed by atoms with Crippen molar-refractivity contribution in [2.45, 2.75) is 31.8 Å². The minimum Gasteiger partial charge on any atom is -0.329 e. The second-order valence-corrected chi connectivity index (χ2v) is 5.85. The van der Waals surface area contributed by atoms with Gasteiger partial charge in [-0.2, -0.15) is 0 Å². The van der Waals surface area contributed by atoms with Crippen molar-refractivity contribution in [1.82, 2.24) is 9.55 Å². The number of allylic oxidation sites excluding steroid dienone is 2. The predicted molar refractivity (Wildman–Crippen MR) is 65.2 cm³/mol. The zero-order chi connectivity index (χ0) is 11.8. The maximum Gasteiger partial charge on any atom is 0.172 e. The molecule has 0 saturated carbocycles. The number of hydrogen-bond donors (Lipinski definition) is 0. The van der Waals surface area contributed by atoms with E-state index < -0.39 is 0 Å². The number of rotatable bonds is 2. The summed E-state index contributed by atoms with van der Waals surface area (Å²) in [6, 6.07) is 0. The monoisotopic (exact) mass is 236 g/mol. The first-order valence-electron chi connectivity index (χ1n) is 5.39. The molecule has 0 unspecified atom stereocenters. The smallest absolute Gasteiger partial charge is 0.172 e. The van der Waals surface area contributed by atoms with E-state index in [4.69, 9.17) is 0 Å². The molecule has 0 aromatic carbocycles. The van der Waals surface area contributed by atoms with E-state index in [2.05, 4.69) is 24.9 Å². The maximum atomic E-state index is 11.8. The number of carbonyl (C=O) groups excluding carboxylic acids is 1. The molecule has 0 spiro atoms. The van der Waals surface area contributed by atoms with E-state index in [9.17, 15) is 4.79 Å². The number of imidazole rings is 1. The average Bonchev–Trinajstić information content (AvgIpc) is 2.58. The van der Waals surface area contributed by atoms with Crippen molar-refractivity contribution in [3.05, 3.63) is 23.4 Å². The number of thioether (sulfide) groups is 1. The van der Waals surface area contributed by atoms with Crippen LogP contribution >= 0.6 is 11.8 Å². The lowest BCUT2D eigenvalue weighted by Gasteiger charge is -2.25. The van der Waals surface area contributed by atoms with E-state index >= 15 is 0 Å². The average molecular weight is 236 g/mol. The first-order chi connectivity index (χ1) is 7.48. The summed E-state index contributed by atoms with van der Waals surface area (Å²) in [7, 11) is 1.94. The topological polar surface area (TPSA) is 34.9 Å². The van der Waals surface area contributed by atoms with Crippen LogP contribution in [0.5, 0.6) is 0 Å². The van der Waals surface area contributed by atoms with Gasteiger partial charge in [-0.05, 0) is 23.6 Å². The van der Waals surface area contributed by atoms with E-state index in [1.807, 2.05) is 17.8 Å². The van der Waals surface area contributed by atoms with Crippen LogP contribution in [0, 0.1) is 5.41 Å². The van der Waals surface area contributed by atoms with Crippen LogP contribution in [-0.4, -0.2) is 15.3 Å². The molecule has 1 aliphatic rings. The van der Waals surface area contributed by atoms with Crippen LogP contribution in [0.2, 0.25) is 0 Å². The number of Topliss-reactive ketones (excluding diaryl/α,β-unsaturated/α-hetero) is 1. The Kier molecular flexibility index (Phi) is 2.93. The van der Waals surface area contributed by atoms with Gasteiger partial charge in [-0.3, -0.25) is 4.79 Å². The maximum absolute atomic E-state index is 11.8. The van der Waals surface area contributed by atoms with Gasteiger partial charge >= 0.3 is 0 Å². The first kappa shape index (κ1) is 11.5. The van der Waals surface area contributed by atoms with E-state index in [0.717, 1.165) is 16.5 Å². The summed E-state index contributed by atoms with van der Waals surface area (Å²) in [5.74, 6) is 0.243. The number of carbonyl (C=O) groups is 1. The summed E-state index contributed by atoms with van der Waals surface area (Å²) in [4.78, 5) is 16.9. The lowest BCUT2D eigenvalue weighted by molar-refractivity contribution is -0.115. The second-order valence-electron chi connectivity index (χ2n) is 4.84. The zero-order valence-corrected chi connectivity index (χ0v) is 10.7. The summed E-state index contributed by atoms with van der Waals surface area (Å²) < 4.78 is 1.93. The largest absolute Gasteiger partial charge is 0.329 e. The van der Waals surface area contributed by atoms with Gasteiger partial charge in [-0.15, -0.1) is 0 Å². The molecule has 1 aliphatic carbocycles. The van der Waals surface area contributed by atoms with Crippen molar-refractivity contribution in [3.8, 4) is 0 Å². The van der Waals surface area contributed by atoms with Crippen LogP contribution in [0.25, 0.3) is 0 Å². The summed E-state index contributed by atoms with van der Waals surface area (Å²) in [5.41, 5.74) is 0.126. The zero-order valence-electron chi connectivity index (χ0n) is 9.86. The fourth-order valence-electron chi connectivity index (χ4n) is 1.70. The van der Waals surface area contributed by atoms with Gasteiger partial charge in [0.25, 0.3) is 0 Å². The van der Waals surface area contributed by atoms with Crippen LogP contribution in [0.1, 0.15) is 26.7 Å². The highest BCUT2D eigenvalue weighted by molar-refractivity contribution is 8.03. The van der Waals surface area contributed by atoms with Crippen molar-refractivity contribution >= 4 is 17.5 Å². The minimum absolute atomic E-state index is 0.126. The summed E-state index contributed by atoms with van der Waals surface area (Å²) in [6.07, 6.45) is 7.31. The fourth-order valence-corrected chi connectivity index (χ4v) is 2.81. The number of ketones is 1. The van der Waals surface area contributed by atoms with E-state index in [0.29, 0.717) is 6.42 Å². The summed E-state index contributed by atoms with van der Waals surface area (Å²) in [5, 5.41) is 0.873. The van der Waals surface area contributed by atoms with Crippen molar-refractivity contribution in [2.24, 2.45) is 12.5 Å². The first-order valence-corrected chi connectivity index (χ1v) is 6.21. The van der Waals surface area contributed by atoms with Gasteiger partial charge in [0.15, 0.2) is 10.9 Å².